The van der Waals surface area contributed by atoms with Crippen molar-refractivity contribution >= 4 is 28.1 Å². The quantitative estimate of drug-likeness (QED) is 0.785. The first-order chi connectivity index (χ1) is 8.00. The Morgan fingerprint density at radius 2 is 2.18 bits per heavy atom. The SMILES string of the molecule is Cc1c(N)cccc1NC(=O)CCCS(C)=O. The molecule has 0 saturated heterocycles. The minimum absolute atomic E-state index is 0.0656. The van der Waals surface area contributed by atoms with Crippen LogP contribution >= 0.6 is 0 Å². The Bertz CT molecular complexity index is 433. The van der Waals surface area contributed by atoms with Crippen molar-refractivity contribution in [3.05, 3.63) is 23.8 Å². The van der Waals surface area contributed by atoms with Gasteiger partial charge in [0.15, 0.2) is 0 Å². The van der Waals surface area contributed by atoms with Gasteiger partial charge in [0.25, 0.3) is 0 Å². The molecule has 1 atom stereocenters. The van der Waals surface area contributed by atoms with Crippen LogP contribution in [0.1, 0.15) is 18.4 Å². The fourth-order valence-electron chi connectivity index (χ4n) is 1.44. The van der Waals surface area contributed by atoms with Crippen LogP contribution in [0.2, 0.25) is 0 Å². The monoisotopic (exact) mass is 254 g/mol. The fourth-order valence-corrected chi connectivity index (χ4v) is 1.99. The number of rotatable bonds is 5. The molecule has 0 aromatic heterocycles. The molecule has 0 radical (unpaired) electrons. The molecular weight excluding hydrogens is 236 g/mol. The van der Waals surface area contributed by atoms with Crippen molar-refractivity contribution in [1.82, 2.24) is 0 Å². The topological polar surface area (TPSA) is 72.2 Å². The Hall–Kier alpha value is -1.36. The second-order valence-corrected chi connectivity index (χ2v) is 5.50. The molecule has 5 heteroatoms. The van der Waals surface area contributed by atoms with E-state index in [0.717, 1.165) is 11.3 Å². The van der Waals surface area contributed by atoms with Gasteiger partial charge in [-0.2, -0.15) is 0 Å². The third kappa shape index (κ3) is 4.56. The lowest BCUT2D eigenvalue weighted by atomic mass is 10.1. The van der Waals surface area contributed by atoms with Gasteiger partial charge in [0.1, 0.15) is 0 Å². The molecule has 94 valence electrons. The van der Waals surface area contributed by atoms with Crippen molar-refractivity contribution in [1.29, 1.82) is 0 Å². The summed E-state index contributed by atoms with van der Waals surface area (Å²) >= 11 is 0. The van der Waals surface area contributed by atoms with E-state index in [-0.39, 0.29) is 5.91 Å². The minimum atomic E-state index is -0.837. The first-order valence-electron chi connectivity index (χ1n) is 5.45. The van der Waals surface area contributed by atoms with Crippen LogP contribution in [0.5, 0.6) is 0 Å². The maximum atomic E-state index is 11.6. The molecule has 1 amide bonds. The maximum Gasteiger partial charge on any atom is 0.224 e. The van der Waals surface area contributed by atoms with E-state index in [4.69, 9.17) is 5.73 Å². The van der Waals surface area contributed by atoms with Crippen LogP contribution in [0.25, 0.3) is 0 Å². The largest absolute Gasteiger partial charge is 0.398 e. The standard InChI is InChI=1S/C12H18N2O2S/c1-9-10(13)5-3-6-11(9)14-12(15)7-4-8-17(2)16/h3,5-6H,4,7-8,13H2,1-2H3,(H,14,15). The van der Waals surface area contributed by atoms with Gasteiger partial charge in [0, 0.05) is 40.6 Å². The molecule has 0 bridgehead atoms. The van der Waals surface area contributed by atoms with Gasteiger partial charge in [-0.3, -0.25) is 9.00 Å². The van der Waals surface area contributed by atoms with Gasteiger partial charge >= 0.3 is 0 Å². The summed E-state index contributed by atoms with van der Waals surface area (Å²) in [6.45, 7) is 1.87. The van der Waals surface area contributed by atoms with E-state index in [1.165, 1.54) is 0 Å². The third-order valence-corrected chi connectivity index (χ3v) is 3.35. The summed E-state index contributed by atoms with van der Waals surface area (Å²) in [5.41, 5.74) is 8.03. The first-order valence-corrected chi connectivity index (χ1v) is 7.18. The second kappa shape index (κ2) is 6.39. The Morgan fingerprint density at radius 3 is 2.82 bits per heavy atom. The number of amides is 1. The molecule has 1 aromatic rings. The molecule has 3 N–H and O–H groups in total. The Kier molecular flexibility index (Phi) is 5.15. The molecule has 0 aliphatic rings. The average molecular weight is 254 g/mol. The van der Waals surface area contributed by atoms with Crippen LogP contribution in [0.3, 0.4) is 0 Å². The number of benzene rings is 1. The van der Waals surface area contributed by atoms with Crippen molar-refractivity contribution in [2.45, 2.75) is 19.8 Å². The molecule has 1 aromatic carbocycles. The van der Waals surface area contributed by atoms with Gasteiger partial charge in [0.05, 0.1) is 0 Å². The molecule has 4 nitrogen and oxygen atoms in total. The molecule has 17 heavy (non-hydrogen) atoms. The molecule has 0 aliphatic carbocycles. The summed E-state index contributed by atoms with van der Waals surface area (Å²) < 4.78 is 10.8. The number of nitrogens with one attached hydrogen (secondary N) is 1. The molecule has 0 fully saturated rings. The summed E-state index contributed by atoms with van der Waals surface area (Å²) in [6.07, 6.45) is 2.66. The zero-order chi connectivity index (χ0) is 12.8. The molecule has 1 rings (SSSR count). The molecule has 1 unspecified atom stereocenters. The summed E-state index contributed by atoms with van der Waals surface area (Å²) in [5.74, 6) is 0.493. The van der Waals surface area contributed by atoms with Crippen molar-refractivity contribution < 1.29 is 9.00 Å². The van der Waals surface area contributed by atoms with Crippen LogP contribution < -0.4 is 11.1 Å². The number of hydrogen-bond donors (Lipinski definition) is 2. The lowest BCUT2D eigenvalue weighted by molar-refractivity contribution is -0.116. The number of carbonyl (C=O) groups excluding carboxylic acids is 1. The minimum Gasteiger partial charge on any atom is -0.398 e. The molecule has 0 aliphatic heterocycles. The highest BCUT2D eigenvalue weighted by atomic mass is 32.2. The van der Waals surface area contributed by atoms with Gasteiger partial charge in [-0.05, 0) is 31.0 Å². The van der Waals surface area contributed by atoms with Gasteiger partial charge < -0.3 is 11.1 Å². The van der Waals surface area contributed by atoms with Crippen LogP contribution in [0.4, 0.5) is 11.4 Å². The van der Waals surface area contributed by atoms with Crippen LogP contribution in [-0.4, -0.2) is 22.1 Å². The Balaban J connectivity index is 2.51. The summed E-state index contributed by atoms with van der Waals surface area (Å²) in [7, 11) is -0.837. The highest BCUT2D eigenvalue weighted by Crippen LogP contribution is 2.20. The van der Waals surface area contributed by atoms with Gasteiger partial charge in [-0.15, -0.1) is 0 Å². The Labute approximate surface area is 104 Å². The van der Waals surface area contributed by atoms with E-state index in [9.17, 15) is 9.00 Å². The van der Waals surface area contributed by atoms with E-state index in [2.05, 4.69) is 5.32 Å². The molecule has 0 heterocycles. The number of hydrogen-bond acceptors (Lipinski definition) is 3. The van der Waals surface area contributed by atoms with E-state index in [1.807, 2.05) is 13.0 Å². The number of carbonyl (C=O) groups is 1. The summed E-state index contributed by atoms with van der Waals surface area (Å²) in [4.78, 5) is 11.6. The number of anilines is 2. The van der Waals surface area contributed by atoms with Crippen molar-refractivity contribution in [3.63, 3.8) is 0 Å². The number of nitrogens with two attached hydrogens (primary N) is 1. The zero-order valence-electron chi connectivity index (χ0n) is 10.2. The molecule has 0 spiro atoms. The van der Waals surface area contributed by atoms with Crippen LogP contribution in [0, 0.1) is 6.92 Å². The zero-order valence-corrected chi connectivity index (χ0v) is 11.0. The predicted octanol–water partition coefficient (Wildman–Crippen LogP) is 1.67. The fraction of sp³-hybridized carbons (Fsp3) is 0.417. The molecular formula is C12H18N2O2S. The first kappa shape index (κ1) is 13.7. The highest BCUT2D eigenvalue weighted by Gasteiger charge is 2.06. The van der Waals surface area contributed by atoms with Crippen LogP contribution in [0.15, 0.2) is 18.2 Å². The highest BCUT2D eigenvalue weighted by molar-refractivity contribution is 7.84. The van der Waals surface area contributed by atoms with E-state index in [1.54, 1.807) is 18.4 Å². The van der Waals surface area contributed by atoms with Crippen molar-refractivity contribution in [2.24, 2.45) is 0 Å². The van der Waals surface area contributed by atoms with Gasteiger partial charge in [-0.1, -0.05) is 6.07 Å². The Morgan fingerprint density at radius 1 is 1.47 bits per heavy atom. The summed E-state index contributed by atoms with van der Waals surface area (Å²) in [6, 6.07) is 5.42. The van der Waals surface area contributed by atoms with E-state index < -0.39 is 10.8 Å². The normalized spacial score (nSPS) is 12.1. The van der Waals surface area contributed by atoms with Gasteiger partial charge in [-0.25, -0.2) is 0 Å². The smallest absolute Gasteiger partial charge is 0.224 e. The lowest BCUT2D eigenvalue weighted by Crippen LogP contribution is -2.13. The van der Waals surface area contributed by atoms with E-state index in [0.29, 0.717) is 24.3 Å². The van der Waals surface area contributed by atoms with Gasteiger partial charge in [0.2, 0.25) is 5.91 Å². The van der Waals surface area contributed by atoms with Crippen molar-refractivity contribution in [2.75, 3.05) is 23.1 Å². The lowest BCUT2D eigenvalue weighted by Gasteiger charge is -2.09. The van der Waals surface area contributed by atoms with E-state index >= 15 is 0 Å². The summed E-state index contributed by atoms with van der Waals surface area (Å²) in [5, 5.41) is 2.81. The van der Waals surface area contributed by atoms with Crippen LogP contribution in [-0.2, 0) is 15.6 Å². The average Bonchev–Trinajstić information content (AvgIpc) is 2.24. The number of nitrogen functional groups attached to an aromatic ring is 1. The predicted molar refractivity (Wildman–Crippen MR) is 72.4 cm³/mol. The molecule has 0 saturated carbocycles. The second-order valence-electron chi connectivity index (χ2n) is 3.95. The van der Waals surface area contributed by atoms with Crippen molar-refractivity contribution in [3.8, 4) is 0 Å². The third-order valence-electron chi connectivity index (χ3n) is 2.49. The maximum absolute atomic E-state index is 11.6.